The maximum Gasteiger partial charge on any atom is 0.302 e. The number of Topliss-reactive ketones (excluding diaryl/α,β-unsaturated/α-hetero) is 1. The average Bonchev–Trinajstić information content (AvgIpc) is 1.97. The summed E-state index contributed by atoms with van der Waals surface area (Å²) in [4.78, 5) is 21.4. The number of ketones is 1. The van der Waals surface area contributed by atoms with Gasteiger partial charge in [-0.25, -0.2) is 0 Å². The summed E-state index contributed by atoms with van der Waals surface area (Å²) < 4.78 is 4.68. The minimum Gasteiger partial charge on any atom is -0.466 e. The molecule has 0 rings (SSSR count). The van der Waals surface area contributed by atoms with Crippen LogP contribution in [0, 0.1) is 5.92 Å². The lowest BCUT2D eigenvalue weighted by Gasteiger charge is -2.03. The Morgan fingerprint density at radius 3 is 2.33 bits per heavy atom. The van der Waals surface area contributed by atoms with Crippen LogP contribution in [0.15, 0.2) is 0 Å². The molecule has 0 aromatic rings. The molecular formula is C9H16O3. The highest BCUT2D eigenvalue weighted by atomic mass is 16.5. The lowest BCUT2D eigenvalue weighted by Crippen LogP contribution is -2.09. The molecule has 0 atom stereocenters. The molecule has 0 unspecified atom stereocenters. The Balaban J connectivity index is 3.32. The highest BCUT2D eigenvalue weighted by molar-refractivity contribution is 5.80. The van der Waals surface area contributed by atoms with Crippen LogP contribution < -0.4 is 0 Å². The normalized spacial score (nSPS) is 10.0. The molecule has 0 fully saturated rings. The standard InChI is InChI=1S/C9H16O3/c1-7(2)9(11)5-4-6-12-8(3)10/h7H,4-6H2,1-3H3. The van der Waals surface area contributed by atoms with E-state index >= 15 is 0 Å². The van der Waals surface area contributed by atoms with Gasteiger partial charge in [-0.3, -0.25) is 9.59 Å². The lowest BCUT2D eigenvalue weighted by molar-refractivity contribution is -0.141. The van der Waals surface area contributed by atoms with Crippen molar-refractivity contribution in [1.82, 2.24) is 0 Å². The molecule has 0 aromatic heterocycles. The summed E-state index contributed by atoms with van der Waals surface area (Å²) in [5, 5.41) is 0. The van der Waals surface area contributed by atoms with E-state index in [0.717, 1.165) is 0 Å². The molecule has 0 radical (unpaired) electrons. The second kappa shape index (κ2) is 5.75. The van der Waals surface area contributed by atoms with Crippen LogP contribution in [0.3, 0.4) is 0 Å². The molecule has 70 valence electrons. The number of ether oxygens (including phenoxy) is 1. The number of rotatable bonds is 5. The predicted molar refractivity (Wildman–Crippen MR) is 45.7 cm³/mol. The zero-order valence-corrected chi connectivity index (χ0v) is 7.92. The molecule has 3 nitrogen and oxygen atoms in total. The van der Waals surface area contributed by atoms with Gasteiger partial charge in [0.05, 0.1) is 6.61 Å². The van der Waals surface area contributed by atoms with Crippen molar-refractivity contribution < 1.29 is 14.3 Å². The Kier molecular flexibility index (Phi) is 5.34. The van der Waals surface area contributed by atoms with Gasteiger partial charge in [0.1, 0.15) is 5.78 Å². The number of hydrogen-bond donors (Lipinski definition) is 0. The Hall–Kier alpha value is -0.860. The van der Waals surface area contributed by atoms with Crippen LogP contribution in [-0.2, 0) is 14.3 Å². The first kappa shape index (κ1) is 11.1. The number of carbonyl (C=O) groups is 2. The van der Waals surface area contributed by atoms with Crippen molar-refractivity contribution in [2.45, 2.75) is 33.6 Å². The highest BCUT2D eigenvalue weighted by Gasteiger charge is 2.06. The van der Waals surface area contributed by atoms with E-state index in [0.29, 0.717) is 19.4 Å². The van der Waals surface area contributed by atoms with Gasteiger partial charge in [-0.1, -0.05) is 13.8 Å². The van der Waals surface area contributed by atoms with E-state index in [1.165, 1.54) is 6.92 Å². The van der Waals surface area contributed by atoms with Crippen LogP contribution in [0.25, 0.3) is 0 Å². The van der Waals surface area contributed by atoms with Gasteiger partial charge in [-0.15, -0.1) is 0 Å². The Labute approximate surface area is 73.1 Å². The fourth-order valence-electron chi connectivity index (χ4n) is 0.751. The van der Waals surface area contributed by atoms with Crippen LogP contribution in [0.4, 0.5) is 0 Å². The summed E-state index contributed by atoms with van der Waals surface area (Å²) in [6, 6.07) is 0. The van der Waals surface area contributed by atoms with Gasteiger partial charge in [0, 0.05) is 19.3 Å². The number of esters is 1. The van der Waals surface area contributed by atoms with Crippen molar-refractivity contribution in [1.29, 1.82) is 0 Å². The Bertz CT molecular complexity index is 161. The first-order chi connectivity index (χ1) is 5.54. The number of hydrogen-bond acceptors (Lipinski definition) is 3. The molecule has 0 N–H and O–H groups in total. The highest BCUT2D eigenvalue weighted by Crippen LogP contribution is 2.01. The third-order valence-corrected chi connectivity index (χ3v) is 1.52. The van der Waals surface area contributed by atoms with Gasteiger partial charge < -0.3 is 4.74 Å². The van der Waals surface area contributed by atoms with E-state index in [9.17, 15) is 9.59 Å². The van der Waals surface area contributed by atoms with Gasteiger partial charge in [-0.2, -0.15) is 0 Å². The summed E-state index contributed by atoms with van der Waals surface area (Å²) in [6.45, 7) is 5.46. The topological polar surface area (TPSA) is 43.4 Å². The van der Waals surface area contributed by atoms with Crippen molar-refractivity contribution in [3.8, 4) is 0 Å². The lowest BCUT2D eigenvalue weighted by atomic mass is 10.1. The fourth-order valence-corrected chi connectivity index (χ4v) is 0.751. The number of carbonyl (C=O) groups excluding carboxylic acids is 2. The monoisotopic (exact) mass is 172 g/mol. The molecule has 0 aliphatic rings. The molecule has 0 heterocycles. The zero-order valence-electron chi connectivity index (χ0n) is 7.92. The minimum absolute atomic E-state index is 0.0855. The second-order valence-electron chi connectivity index (χ2n) is 3.06. The van der Waals surface area contributed by atoms with Crippen molar-refractivity contribution in [2.75, 3.05) is 6.61 Å². The average molecular weight is 172 g/mol. The van der Waals surface area contributed by atoms with E-state index in [4.69, 9.17) is 0 Å². The van der Waals surface area contributed by atoms with Gasteiger partial charge in [0.25, 0.3) is 0 Å². The summed E-state index contributed by atoms with van der Waals surface area (Å²) >= 11 is 0. The van der Waals surface area contributed by atoms with E-state index in [1.54, 1.807) is 0 Å². The third kappa shape index (κ3) is 5.89. The SMILES string of the molecule is CC(=O)OCCCC(=O)C(C)C. The van der Waals surface area contributed by atoms with Crippen LogP contribution in [-0.4, -0.2) is 18.4 Å². The first-order valence-electron chi connectivity index (χ1n) is 4.20. The molecule has 0 spiro atoms. The Morgan fingerprint density at radius 2 is 1.92 bits per heavy atom. The molecule has 12 heavy (non-hydrogen) atoms. The fraction of sp³-hybridized carbons (Fsp3) is 0.778. The van der Waals surface area contributed by atoms with Gasteiger partial charge >= 0.3 is 5.97 Å². The van der Waals surface area contributed by atoms with Crippen LogP contribution in [0.1, 0.15) is 33.6 Å². The van der Waals surface area contributed by atoms with E-state index in [1.807, 2.05) is 13.8 Å². The molecule has 0 saturated carbocycles. The molecule has 3 heteroatoms. The summed E-state index contributed by atoms with van der Waals surface area (Å²) in [7, 11) is 0. The maximum atomic E-state index is 11.0. The predicted octanol–water partition coefficient (Wildman–Crippen LogP) is 1.55. The van der Waals surface area contributed by atoms with Crippen molar-refractivity contribution in [3.05, 3.63) is 0 Å². The quantitative estimate of drug-likeness (QED) is 0.467. The van der Waals surface area contributed by atoms with E-state index < -0.39 is 0 Å². The smallest absolute Gasteiger partial charge is 0.302 e. The van der Waals surface area contributed by atoms with E-state index in [2.05, 4.69) is 4.74 Å². The summed E-state index contributed by atoms with van der Waals surface area (Å²) in [5.41, 5.74) is 0. The third-order valence-electron chi connectivity index (χ3n) is 1.52. The van der Waals surface area contributed by atoms with Gasteiger partial charge in [-0.05, 0) is 6.42 Å². The van der Waals surface area contributed by atoms with Crippen molar-refractivity contribution in [3.63, 3.8) is 0 Å². The Morgan fingerprint density at radius 1 is 1.33 bits per heavy atom. The molecule has 0 aromatic carbocycles. The van der Waals surface area contributed by atoms with Crippen molar-refractivity contribution in [2.24, 2.45) is 5.92 Å². The summed E-state index contributed by atoms with van der Waals surface area (Å²) in [5.74, 6) is 0.0245. The minimum atomic E-state index is -0.285. The summed E-state index contributed by atoms with van der Waals surface area (Å²) in [6.07, 6.45) is 1.14. The van der Waals surface area contributed by atoms with Crippen LogP contribution in [0.5, 0.6) is 0 Å². The van der Waals surface area contributed by atoms with Gasteiger partial charge in [0.15, 0.2) is 0 Å². The van der Waals surface area contributed by atoms with Gasteiger partial charge in [0.2, 0.25) is 0 Å². The molecule has 0 amide bonds. The molecule has 0 saturated heterocycles. The van der Waals surface area contributed by atoms with E-state index in [-0.39, 0.29) is 17.7 Å². The molecule has 0 aliphatic heterocycles. The second-order valence-corrected chi connectivity index (χ2v) is 3.06. The van der Waals surface area contributed by atoms with Crippen molar-refractivity contribution >= 4 is 11.8 Å². The molecule has 0 aliphatic carbocycles. The van der Waals surface area contributed by atoms with Crippen LogP contribution in [0.2, 0.25) is 0 Å². The maximum absolute atomic E-state index is 11.0. The molecular weight excluding hydrogens is 156 g/mol. The molecule has 0 bridgehead atoms. The largest absolute Gasteiger partial charge is 0.466 e. The first-order valence-corrected chi connectivity index (χ1v) is 4.20. The van der Waals surface area contributed by atoms with Crippen LogP contribution >= 0.6 is 0 Å². The zero-order chi connectivity index (χ0) is 9.56.